The normalized spacial score (nSPS) is 18.9. The number of benzene rings is 1. The van der Waals surface area contributed by atoms with Crippen LogP contribution < -0.4 is 4.74 Å². The fourth-order valence-corrected chi connectivity index (χ4v) is 4.07. The second kappa shape index (κ2) is 7.94. The largest absolute Gasteiger partial charge is 0.507 e. The summed E-state index contributed by atoms with van der Waals surface area (Å²) in [6.45, 7) is 2.42. The molecule has 1 aromatic heterocycles. The van der Waals surface area contributed by atoms with E-state index in [-0.39, 0.29) is 17.9 Å². The van der Waals surface area contributed by atoms with Crippen LogP contribution in [0.4, 0.5) is 0 Å². The third-order valence-electron chi connectivity index (χ3n) is 4.56. The van der Waals surface area contributed by atoms with Gasteiger partial charge in [0, 0.05) is 24.1 Å². The molecule has 6 nitrogen and oxygen atoms in total. The van der Waals surface area contributed by atoms with Gasteiger partial charge in [-0.3, -0.25) is 9.59 Å². The maximum atomic E-state index is 12.7. The minimum atomic E-state index is -0.685. The standard InChI is InChI=1S/C20H21NO5S/c1-12-11-13(6-7-14(12)26-3)18(22)16-17(15-5-4-10-27-15)21(8-9-25-2)20(24)19(16)23/h4-7,10-11,17,22H,8-9H2,1-3H3/t17-/m1/s1. The molecule has 1 fully saturated rings. The number of methoxy groups -OCH3 is 2. The van der Waals surface area contributed by atoms with Gasteiger partial charge in [-0.15, -0.1) is 11.3 Å². The Kier molecular flexibility index (Phi) is 5.62. The molecule has 1 amide bonds. The highest BCUT2D eigenvalue weighted by atomic mass is 32.1. The molecule has 142 valence electrons. The van der Waals surface area contributed by atoms with Gasteiger partial charge in [-0.1, -0.05) is 6.07 Å². The van der Waals surface area contributed by atoms with Crippen LogP contribution in [0.2, 0.25) is 0 Å². The number of amides is 1. The van der Waals surface area contributed by atoms with Crippen molar-refractivity contribution in [1.29, 1.82) is 0 Å². The van der Waals surface area contributed by atoms with Gasteiger partial charge in [0.25, 0.3) is 11.7 Å². The van der Waals surface area contributed by atoms with Crippen molar-refractivity contribution in [2.75, 3.05) is 27.4 Å². The summed E-state index contributed by atoms with van der Waals surface area (Å²) in [6.07, 6.45) is 0. The number of ketones is 1. The van der Waals surface area contributed by atoms with Crippen molar-refractivity contribution in [1.82, 2.24) is 4.90 Å². The number of carbonyl (C=O) groups excluding carboxylic acids is 2. The molecule has 1 atom stereocenters. The third-order valence-corrected chi connectivity index (χ3v) is 5.48. The Morgan fingerprint density at radius 3 is 2.63 bits per heavy atom. The summed E-state index contributed by atoms with van der Waals surface area (Å²) in [4.78, 5) is 27.6. The molecule has 2 aromatic rings. The van der Waals surface area contributed by atoms with E-state index in [4.69, 9.17) is 9.47 Å². The van der Waals surface area contributed by atoms with E-state index in [2.05, 4.69) is 0 Å². The Morgan fingerprint density at radius 2 is 2.04 bits per heavy atom. The number of nitrogens with zero attached hydrogens (tertiary/aromatic N) is 1. The van der Waals surface area contributed by atoms with E-state index >= 15 is 0 Å². The van der Waals surface area contributed by atoms with Crippen molar-refractivity contribution in [2.24, 2.45) is 0 Å². The topological polar surface area (TPSA) is 76.1 Å². The molecule has 1 saturated heterocycles. The molecular formula is C20H21NO5S. The van der Waals surface area contributed by atoms with Gasteiger partial charge in [0.2, 0.25) is 0 Å². The maximum absolute atomic E-state index is 12.7. The Morgan fingerprint density at radius 1 is 1.26 bits per heavy atom. The summed E-state index contributed by atoms with van der Waals surface area (Å²) >= 11 is 1.43. The third kappa shape index (κ3) is 3.48. The molecule has 0 unspecified atom stereocenters. The van der Waals surface area contributed by atoms with Crippen molar-refractivity contribution in [3.63, 3.8) is 0 Å². The summed E-state index contributed by atoms with van der Waals surface area (Å²) in [5.74, 6) is -0.813. The van der Waals surface area contributed by atoms with E-state index in [0.29, 0.717) is 17.9 Å². The quantitative estimate of drug-likeness (QED) is 0.468. The first-order chi connectivity index (χ1) is 13.0. The second-order valence-corrected chi connectivity index (χ2v) is 7.16. The van der Waals surface area contributed by atoms with Crippen LogP contribution in [0.15, 0.2) is 41.3 Å². The molecule has 27 heavy (non-hydrogen) atoms. The number of rotatable bonds is 6. The number of carbonyl (C=O) groups is 2. The number of aliphatic hydroxyl groups is 1. The summed E-state index contributed by atoms with van der Waals surface area (Å²) in [6, 6.07) is 8.23. The number of Topliss-reactive ketones (excluding diaryl/α,β-unsaturated/α-hetero) is 1. The van der Waals surface area contributed by atoms with Gasteiger partial charge in [-0.05, 0) is 42.1 Å². The molecule has 7 heteroatoms. The van der Waals surface area contributed by atoms with Gasteiger partial charge >= 0.3 is 0 Å². The van der Waals surface area contributed by atoms with Crippen LogP contribution in [0.25, 0.3) is 5.76 Å². The molecule has 0 saturated carbocycles. The minimum absolute atomic E-state index is 0.100. The Balaban J connectivity index is 2.12. The Bertz CT molecular complexity index is 888. The fraction of sp³-hybridized carbons (Fsp3) is 0.300. The van der Waals surface area contributed by atoms with E-state index in [1.54, 1.807) is 25.3 Å². The van der Waals surface area contributed by atoms with Gasteiger partial charge in [0.15, 0.2) is 0 Å². The van der Waals surface area contributed by atoms with Crippen molar-refractivity contribution < 1.29 is 24.2 Å². The molecule has 3 rings (SSSR count). The highest BCUT2D eigenvalue weighted by molar-refractivity contribution is 7.10. The molecule has 0 aliphatic carbocycles. The van der Waals surface area contributed by atoms with E-state index in [0.717, 1.165) is 10.4 Å². The number of aryl methyl sites for hydroxylation is 1. The Labute approximate surface area is 161 Å². The highest BCUT2D eigenvalue weighted by Crippen LogP contribution is 2.41. The number of likely N-dealkylation sites (tertiary alicyclic amines) is 1. The lowest BCUT2D eigenvalue weighted by Crippen LogP contribution is -2.32. The maximum Gasteiger partial charge on any atom is 0.295 e. The summed E-state index contributed by atoms with van der Waals surface area (Å²) in [5, 5.41) is 12.8. The van der Waals surface area contributed by atoms with Crippen LogP contribution in [0, 0.1) is 6.92 Å². The molecule has 1 aliphatic heterocycles. The van der Waals surface area contributed by atoms with Crippen LogP contribution in [0.1, 0.15) is 22.0 Å². The van der Waals surface area contributed by atoms with Crippen LogP contribution in [-0.4, -0.2) is 49.1 Å². The molecule has 0 bridgehead atoms. The minimum Gasteiger partial charge on any atom is -0.507 e. The van der Waals surface area contributed by atoms with E-state index in [1.807, 2.05) is 24.4 Å². The second-order valence-electron chi connectivity index (χ2n) is 6.19. The number of ether oxygens (including phenoxy) is 2. The molecule has 2 heterocycles. The highest BCUT2D eigenvalue weighted by Gasteiger charge is 2.46. The van der Waals surface area contributed by atoms with Crippen molar-refractivity contribution in [3.05, 3.63) is 57.3 Å². The first-order valence-electron chi connectivity index (χ1n) is 8.45. The van der Waals surface area contributed by atoms with Gasteiger partial charge in [0.05, 0.1) is 25.3 Å². The van der Waals surface area contributed by atoms with E-state index in [9.17, 15) is 14.7 Å². The van der Waals surface area contributed by atoms with Crippen molar-refractivity contribution >= 4 is 28.8 Å². The van der Waals surface area contributed by atoms with Crippen LogP contribution in [-0.2, 0) is 14.3 Å². The zero-order valence-corrected chi connectivity index (χ0v) is 16.2. The molecule has 1 aromatic carbocycles. The predicted octanol–water partition coefficient (Wildman–Crippen LogP) is 3.13. The average Bonchev–Trinajstić information content (AvgIpc) is 3.27. The van der Waals surface area contributed by atoms with Crippen molar-refractivity contribution in [3.8, 4) is 5.75 Å². The Hall–Kier alpha value is -2.64. The van der Waals surface area contributed by atoms with Crippen LogP contribution >= 0.6 is 11.3 Å². The van der Waals surface area contributed by atoms with Crippen LogP contribution in [0.5, 0.6) is 5.75 Å². The van der Waals surface area contributed by atoms with E-state index < -0.39 is 17.7 Å². The van der Waals surface area contributed by atoms with Gasteiger partial charge in [-0.25, -0.2) is 0 Å². The predicted molar refractivity (Wildman–Crippen MR) is 103 cm³/mol. The summed E-state index contributed by atoms with van der Waals surface area (Å²) in [7, 11) is 3.11. The van der Waals surface area contributed by atoms with Crippen molar-refractivity contribution in [2.45, 2.75) is 13.0 Å². The number of aliphatic hydroxyl groups excluding tert-OH is 1. The molecular weight excluding hydrogens is 366 g/mol. The smallest absolute Gasteiger partial charge is 0.295 e. The number of hydrogen-bond donors (Lipinski definition) is 1. The molecule has 0 radical (unpaired) electrons. The molecule has 1 N–H and O–H groups in total. The first kappa shape index (κ1) is 19.1. The summed E-state index contributed by atoms with van der Waals surface area (Å²) in [5.41, 5.74) is 1.39. The molecule has 1 aliphatic rings. The van der Waals surface area contributed by atoms with Gasteiger partial charge < -0.3 is 19.5 Å². The van der Waals surface area contributed by atoms with Gasteiger partial charge in [0.1, 0.15) is 11.5 Å². The first-order valence-corrected chi connectivity index (χ1v) is 9.33. The lowest BCUT2D eigenvalue weighted by molar-refractivity contribution is -0.140. The zero-order valence-electron chi connectivity index (χ0n) is 15.4. The zero-order chi connectivity index (χ0) is 19.6. The average molecular weight is 387 g/mol. The lowest BCUT2D eigenvalue weighted by Gasteiger charge is -2.23. The SMILES string of the molecule is COCCN1C(=O)C(=O)C(=C(O)c2ccc(OC)c(C)c2)[C@H]1c1cccs1. The lowest BCUT2D eigenvalue weighted by atomic mass is 9.99. The van der Waals surface area contributed by atoms with Gasteiger partial charge in [-0.2, -0.15) is 0 Å². The van der Waals surface area contributed by atoms with Crippen LogP contribution in [0.3, 0.4) is 0 Å². The fourth-order valence-electron chi connectivity index (χ4n) is 3.22. The summed E-state index contributed by atoms with van der Waals surface area (Å²) < 4.78 is 10.3. The molecule has 0 spiro atoms. The number of hydrogen-bond acceptors (Lipinski definition) is 6. The number of thiophene rings is 1. The van der Waals surface area contributed by atoms with E-state index in [1.165, 1.54) is 23.3 Å². The monoisotopic (exact) mass is 387 g/mol.